The number of aryl methyl sites for hydroxylation is 2. The molecule has 1 N–H and O–H groups in total. The van der Waals surface area contributed by atoms with E-state index in [4.69, 9.17) is 14.7 Å². The van der Waals surface area contributed by atoms with E-state index in [1.165, 1.54) is 10.4 Å². The van der Waals surface area contributed by atoms with Crippen LogP contribution in [0.25, 0.3) is 16.0 Å². The van der Waals surface area contributed by atoms with E-state index in [0.29, 0.717) is 6.54 Å². The number of hydrogen-bond acceptors (Lipinski definition) is 8. The summed E-state index contributed by atoms with van der Waals surface area (Å²) in [7, 11) is 0. The van der Waals surface area contributed by atoms with Crippen LogP contribution in [0.5, 0.6) is 0 Å². The zero-order chi connectivity index (χ0) is 21.2. The summed E-state index contributed by atoms with van der Waals surface area (Å²) in [6, 6.07) is 4.08. The Labute approximate surface area is 185 Å². The number of anilines is 1. The fourth-order valence-electron chi connectivity index (χ4n) is 3.74. The van der Waals surface area contributed by atoms with Gasteiger partial charge in [0.05, 0.1) is 25.1 Å². The lowest BCUT2D eigenvalue weighted by molar-refractivity contribution is 0.0331. The molecule has 1 aliphatic heterocycles. The number of thiophene rings is 1. The van der Waals surface area contributed by atoms with Gasteiger partial charge in [0.25, 0.3) is 0 Å². The molecule has 5 rings (SSSR count). The largest absolute Gasteiger partial charge is 0.379 e. The van der Waals surface area contributed by atoms with Crippen LogP contribution < -0.4 is 5.32 Å². The third-order valence-electron chi connectivity index (χ3n) is 5.58. The molecule has 5 heterocycles. The lowest BCUT2D eigenvalue weighted by atomic mass is 10.2. The highest BCUT2D eigenvalue weighted by molar-refractivity contribution is 7.18. The molecule has 160 valence electrons. The monoisotopic (exact) mass is 435 g/mol. The molecule has 9 heteroatoms. The molecule has 1 saturated heterocycles. The van der Waals surface area contributed by atoms with Crippen molar-refractivity contribution in [2.75, 3.05) is 31.6 Å². The highest BCUT2D eigenvalue weighted by atomic mass is 32.1. The minimum atomic E-state index is 0.654. The highest BCUT2D eigenvalue weighted by Crippen LogP contribution is 2.33. The van der Waals surface area contributed by atoms with Gasteiger partial charge in [-0.2, -0.15) is 0 Å². The number of nitrogens with one attached hydrogen (secondary N) is 1. The number of imidazole rings is 1. The molecule has 0 saturated carbocycles. The van der Waals surface area contributed by atoms with Gasteiger partial charge in [0.2, 0.25) is 0 Å². The summed E-state index contributed by atoms with van der Waals surface area (Å²) < 4.78 is 7.37. The zero-order valence-corrected chi connectivity index (χ0v) is 18.5. The van der Waals surface area contributed by atoms with Crippen molar-refractivity contribution >= 4 is 27.4 Å². The van der Waals surface area contributed by atoms with Crippen LogP contribution in [0.15, 0.2) is 37.1 Å². The number of aromatic nitrogens is 5. The van der Waals surface area contributed by atoms with Crippen molar-refractivity contribution in [3.05, 3.63) is 58.9 Å². The molecule has 0 radical (unpaired) electrons. The van der Waals surface area contributed by atoms with Crippen molar-refractivity contribution in [1.82, 2.24) is 29.4 Å². The topological polar surface area (TPSA) is 81.0 Å². The minimum Gasteiger partial charge on any atom is -0.379 e. The van der Waals surface area contributed by atoms with Crippen LogP contribution >= 0.6 is 11.3 Å². The van der Waals surface area contributed by atoms with E-state index < -0.39 is 0 Å². The fourth-order valence-corrected chi connectivity index (χ4v) is 4.79. The number of pyridine rings is 1. The predicted molar refractivity (Wildman–Crippen MR) is 122 cm³/mol. The number of fused-ring (bicyclic) bond motifs is 1. The molecule has 0 amide bonds. The third-order valence-corrected chi connectivity index (χ3v) is 6.68. The van der Waals surface area contributed by atoms with Crippen molar-refractivity contribution < 1.29 is 4.74 Å². The van der Waals surface area contributed by atoms with Crippen LogP contribution in [-0.2, 0) is 17.8 Å². The summed E-state index contributed by atoms with van der Waals surface area (Å²) in [6.07, 6.45) is 7.22. The second-order valence-corrected chi connectivity index (χ2v) is 8.89. The van der Waals surface area contributed by atoms with Gasteiger partial charge in [0.15, 0.2) is 0 Å². The fraction of sp³-hybridized carbons (Fsp3) is 0.364. The lowest BCUT2D eigenvalue weighted by Crippen LogP contribution is -2.36. The van der Waals surface area contributed by atoms with E-state index >= 15 is 0 Å². The maximum absolute atomic E-state index is 5.47. The van der Waals surface area contributed by atoms with Gasteiger partial charge >= 0.3 is 0 Å². The SMILES string of the molecule is Cc1sc2nc(CN3CCOCC3)nc(NCc3ccnc(-n4ccnc4)c3)c2c1C. The van der Waals surface area contributed by atoms with Crippen molar-refractivity contribution in [1.29, 1.82) is 0 Å². The Bertz CT molecular complexity index is 1180. The molecular weight excluding hydrogens is 410 g/mol. The van der Waals surface area contributed by atoms with Crippen molar-refractivity contribution in [2.45, 2.75) is 26.9 Å². The molecule has 31 heavy (non-hydrogen) atoms. The average molecular weight is 436 g/mol. The van der Waals surface area contributed by atoms with Gasteiger partial charge in [0, 0.05) is 43.1 Å². The lowest BCUT2D eigenvalue weighted by Gasteiger charge is -2.25. The first kappa shape index (κ1) is 20.0. The van der Waals surface area contributed by atoms with E-state index in [0.717, 1.165) is 66.1 Å². The van der Waals surface area contributed by atoms with Crippen molar-refractivity contribution in [2.24, 2.45) is 0 Å². The normalized spacial score (nSPS) is 14.9. The molecule has 0 aromatic carbocycles. The van der Waals surface area contributed by atoms with Gasteiger partial charge in [-0.15, -0.1) is 11.3 Å². The molecule has 1 fully saturated rings. The van der Waals surface area contributed by atoms with Crippen LogP contribution in [0, 0.1) is 13.8 Å². The third kappa shape index (κ3) is 4.30. The van der Waals surface area contributed by atoms with E-state index in [1.54, 1.807) is 23.9 Å². The smallest absolute Gasteiger partial charge is 0.146 e. The van der Waals surface area contributed by atoms with E-state index in [-0.39, 0.29) is 0 Å². The summed E-state index contributed by atoms with van der Waals surface area (Å²) >= 11 is 1.74. The number of hydrogen-bond donors (Lipinski definition) is 1. The minimum absolute atomic E-state index is 0.654. The maximum Gasteiger partial charge on any atom is 0.146 e. The average Bonchev–Trinajstić information content (AvgIpc) is 3.42. The van der Waals surface area contributed by atoms with Crippen LogP contribution in [0.3, 0.4) is 0 Å². The number of ether oxygens (including phenoxy) is 1. The van der Waals surface area contributed by atoms with E-state index in [1.807, 2.05) is 23.0 Å². The van der Waals surface area contributed by atoms with Crippen LogP contribution in [0.1, 0.15) is 21.8 Å². The van der Waals surface area contributed by atoms with E-state index in [9.17, 15) is 0 Å². The number of nitrogens with zero attached hydrogens (tertiary/aromatic N) is 6. The van der Waals surface area contributed by atoms with Gasteiger partial charge < -0.3 is 10.1 Å². The second-order valence-electron chi connectivity index (χ2n) is 7.69. The van der Waals surface area contributed by atoms with Gasteiger partial charge in [-0.1, -0.05) is 0 Å². The first-order chi connectivity index (χ1) is 15.2. The van der Waals surface area contributed by atoms with Crippen LogP contribution in [-0.4, -0.2) is 55.7 Å². The highest BCUT2D eigenvalue weighted by Gasteiger charge is 2.17. The van der Waals surface area contributed by atoms with Gasteiger partial charge in [-0.05, 0) is 37.1 Å². The summed E-state index contributed by atoms with van der Waals surface area (Å²) in [5.41, 5.74) is 2.37. The van der Waals surface area contributed by atoms with Crippen LogP contribution in [0.2, 0.25) is 0 Å². The molecule has 0 bridgehead atoms. The number of morpholine rings is 1. The van der Waals surface area contributed by atoms with Crippen molar-refractivity contribution in [3.8, 4) is 5.82 Å². The molecule has 4 aromatic rings. The van der Waals surface area contributed by atoms with Crippen LogP contribution in [0.4, 0.5) is 5.82 Å². The quantitative estimate of drug-likeness (QED) is 0.497. The molecule has 0 atom stereocenters. The first-order valence-electron chi connectivity index (χ1n) is 10.4. The van der Waals surface area contributed by atoms with Gasteiger partial charge in [-0.3, -0.25) is 9.47 Å². The van der Waals surface area contributed by atoms with Crippen molar-refractivity contribution in [3.63, 3.8) is 0 Å². The molecule has 8 nitrogen and oxygen atoms in total. The molecular formula is C22H25N7OS. The predicted octanol–water partition coefficient (Wildman–Crippen LogP) is 3.33. The summed E-state index contributed by atoms with van der Waals surface area (Å²) in [6.45, 7) is 9.06. The maximum atomic E-state index is 5.47. The Balaban J connectivity index is 1.42. The Morgan fingerprint density at radius 1 is 1.16 bits per heavy atom. The molecule has 0 unspecified atom stereocenters. The van der Waals surface area contributed by atoms with E-state index in [2.05, 4.69) is 40.1 Å². The summed E-state index contributed by atoms with van der Waals surface area (Å²) in [5, 5.41) is 4.69. The summed E-state index contributed by atoms with van der Waals surface area (Å²) in [4.78, 5) is 23.0. The molecule has 1 aliphatic rings. The standard InChI is InChI=1S/C22H25N7OS/c1-15-16(2)31-22-20(15)21(26-18(27-22)13-28-7-9-30-10-8-28)25-12-17-3-4-24-19(11-17)29-6-5-23-14-29/h3-6,11,14H,7-10,12-13H2,1-2H3,(H,25,26,27). The molecule has 4 aromatic heterocycles. The zero-order valence-electron chi connectivity index (χ0n) is 17.7. The van der Waals surface area contributed by atoms with Gasteiger partial charge in [0.1, 0.15) is 28.6 Å². The Kier molecular flexibility index (Phi) is 5.63. The number of rotatable bonds is 6. The molecule has 0 aliphatic carbocycles. The second kappa shape index (κ2) is 8.70. The summed E-state index contributed by atoms with van der Waals surface area (Å²) in [5.74, 6) is 2.60. The Morgan fingerprint density at radius 2 is 2.03 bits per heavy atom. The van der Waals surface area contributed by atoms with Gasteiger partial charge in [-0.25, -0.2) is 19.9 Å². The Morgan fingerprint density at radius 3 is 2.84 bits per heavy atom. The Hall–Kier alpha value is -2.88. The molecule has 0 spiro atoms. The first-order valence-corrected chi connectivity index (χ1v) is 11.2.